The van der Waals surface area contributed by atoms with E-state index in [2.05, 4.69) is 25.8 Å². The molecule has 1 fully saturated rings. The highest BCUT2D eigenvalue weighted by molar-refractivity contribution is 5.98. The van der Waals surface area contributed by atoms with Crippen molar-refractivity contribution in [2.45, 2.75) is 44.4 Å². The molecule has 10 heteroatoms. The van der Waals surface area contributed by atoms with E-state index in [0.29, 0.717) is 17.1 Å². The van der Waals surface area contributed by atoms with Crippen LogP contribution in [0.25, 0.3) is 5.69 Å². The Morgan fingerprint density at radius 2 is 1.84 bits per heavy atom. The first-order chi connectivity index (χ1) is 14.8. The first-order valence-electron chi connectivity index (χ1n) is 9.89. The van der Waals surface area contributed by atoms with Gasteiger partial charge in [0.05, 0.1) is 29.2 Å². The Morgan fingerprint density at radius 1 is 1.10 bits per heavy atom. The molecule has 1 amide bonds. The fourth-order valence-electron chi connectivity index (χ4n) is 3.73. The fraction of sp³-hybridized carbons (Fsp3) is 0.333. The first-order valence-corrected chi connectivity index (χ1v) is 9.89. The molecule has 7 nitrogen and oxygen atoms in total. The highest BCUT2D eigenvalue weighted by Crippen LogP contribution is 2.29. The van der Waals surface area contributed by atoms with Crippen LogP contribution in [-0.4, -0.2) is 38.0 Å². The molecule has 0 spiro atoms. The number of pyridine rings is 1. The van der Waals surface area contributed by atoms with Crippen LogP contribution in [0.2, 0.25) is 0 Å². The lowest BCUT2D eigenvalue weighted by molar-refractivity contribution is -0.137. The van der Waals surface area contributed by atoms with Crippen molar-refractivity contribution in [1.29, 1.82) is 0 Å². The summed E-state index contributed by atoms with van der Waals surface area (Å²) in [6.07, 6.45) is 1.86. The summed E-state index contributed by atoms with van der Waals surface area (Å²) in [7, 11) is 0. The van der Waals surface area contributed by atoms with Gasteiger partial charge in [-0.15, -0.1) is 0 Å². The summed E-state index contributed by atoms with van der Waals surface area (Å²) < 4.78 is 38.2. The summed E-state index contributed by atoms with van der Waals surface area (Å²) >= 11 is 0. The van der Waals surface area contributed by atoms with Crippen LogP contribution in [0.1, 0.15) is 40.7 Å². The molecule has 3 aromatic rings. The molecule has 0 aliphatic heterocycles. The molecular weight excluding hydrogens is 409 g/mol. The minimum atomic E-state index is -4.43. The Morgan fingerprint density at radius 3 is 2.52 bits per heavy atom. The number of hydrogen-bond acceptors (Lipinski definition) is 5. The topological polar surface area (TPSA) is 84.7 Å². The van der Waals surface area contributed by atoms with E-state index in [-0.39, 0.29) is 18.0 Å². The first kappa shape index (κ1) is 20.8. The highest BCUT2D eigenvalue weighted by atomic mass is 19.4. The third kappa shape index (κ3) is 4.68. The van der Waals surface area contributed by atoms with E-state index < -0.39 is 11.7 Å². The van der Waals surface area contributed by atoms with Gasteiger partial charge in [0.1, 0.15) is 5.82 Å². The van der Waals surface area contributed by atoms with Gasteiger partial charge in [0, 0.05) is 18.3 Å². The molecule has 0 unspecified atom stereocenters. The quantitative estimate of drug-likeness (QED) is 0.644. The van der Waals surface area contributed by atoms with E-state index in [4.69, 9.17) is 0 Å². The maximum Gasteiger partial charge on any atom is 0.417 e. The van der Waals surface area contributed by atoms with Gasteiger partial charge in [-0.2, -0.15) is 28.2 Å². The van der Waals surface area contributed by atoms with Gasteiger partial charge in [-0.25, -0.2) is 4.98 Å². The molecule has 0 radical (unpaired) electrons. The van der Waals surface area contributed by atoms with E-state index >= 15 is 0 Å². The number of nitrogens with one attached hydrogen (secondary N) is 2. The molecule has 2 aromatic heterocycles. The van der Waals surface area contributed by atoms with Gasteiger partial charge in [-0.3, -0.25) is 4.79 Å². The number of carbonyl (C=O) groups excluding carboxylic acids is 1. The number of carbonyl (C=O) groups is 1. The lowest BCUT2D eigenvalue weighted by Crippen LogP contribution is -2.43. The summed E-state index contributed by atoms with van der Waals surface area (Å²) in [5, 5.41) is 14.4. The van der Waals surface area contributed by atoms with E-state index in [1.165, 1.54) is 23.3 Å². The maximum atomic E-state index is 13.1. The van der Waals surface area contributed by atoms with E-state index in [1.807, 2.05) is 13.0 Å². The van der Waals surface area contributed by atoms with Crippen molar-refractivity contribution >= 4 is 11.7 Å². The molecule has 2 N–H and O–H groups in total. The minimum absolute atomic E-state index is 0.135. The molecule has 0 bridgehead atoms. The highest BCUT2D eigenvalue weighted by Gasteiger charge is 2.32. The molecule has 0 saturated heterocycles. The van der Waals surface area contributed by atoms with Crippen molar-refractivity contribution in [3.63, 3.8) is 0 Å². The van der Waals surface area contributed by atoms with Gasteiger partial charge in [-0.05, 0) is 50.5 Å². The maximum absolute atomic E-state index is 13.1. The normalized spacial score (nSPS) is 18.7. The Hall–Kier alpha value is -3.43. The molecule has 162 valence electrons. The van der Waals surface area contributed by atoms with Crippen LogP contribution >= 0.6 is 0 Å². The number of halogens is 3. The average Bonchev–Trinajstić information content (AvgIpc) is 3.40. The second kappa shape index (κ2) is 8.37. The number of aryl methyl sites for hydroxylation is 1. The van der Waals surface area contributed by atoms with Gasteiger partial charge in [-0.1, -0.05) is 11.6 Å². The SMILES string of the molecule is Cc1ccc(-n2nccn2)c(C(=O)N[C@@H]2CCC[C@@H]2Nc2ccc(C(F)(F)F)cn2)c1. The minimum Gasteiger partial charge on any atom is -0.365 e. The smallest absolute Gasteiger partial charge is 0.365 e. The van der Waals surface area contributed by atoms with Crippen LogP contribution in [0.3, 0.4) is 0 Å². The van der Waals surface area contributed by atoms with Crippen LogP contribution in [0.4, 0.5) is 19.0 Å². The van der Waals surface area contributed by atoms with Crippen molar-refractivity contribution in [3.8, 4) is 5.69 Å². The van der Waals surface area contributed by atoms with Gasteiger partial charge >= 0.3 is 6.18 Å². The lowest BCUT2D eigenvalue weighted by Gasteiger charge is -2.23. The Bertz CT molecular complexity index is 1050. The average molecular weight is 430 g/mol. The molecule has 1 aliphatic rings. The van der Waals surface area contributed by atoms with Crippen LogP contribution in [0.15, 0.2) is 48.9 Å². The predicted molar refractivity (Wildman–Crippen MR) is 108 cm³/mol. The van der Waals surface area contributed by atoms with Crippen LogP contribution in [-0.2, 0) is 6.18 Å². The van der Waals surface area contributed by atoms with E-state index in [1.54, 1.807) is 12.1 Å². The molecule has 1 aliphatic carbocycles. The number of aromatic nitrogens is 4. The monoisotopic (exact) mass is 430 g/mol. The number of rotatable bonds is 5. The third-order valence-electron chi connectivity index (χ3n) is 5.29. The summed E-state index contributed by atoms with van der Waals surface area (Å²) in [5.41, 5.74) is 1.15. The van der Waals surface area contributed by atoms with Gasteiger partial charge in [0.15, 0.2) is 0 Å². The molecule has 31 heavy (non-hydrogen) atoms. The van der Waals surface area contributed by atoms with Gasteiger partial charge in [0.25, 0.3) is 5.91 Å². The van der Waals surface area contributed by atoms with Crippen LogP contribution in [0.5, 0.6) is 0 Å². The van der Waals surface area contributed by atoms with Crippen molar-refractivity contribution in [2.75, 3.05) is 5.32 Å². The molecule has 1 aromatic carbocycles. The molecule has 2 atom stereocenters. The van der Waals surface area contributed by atoms with Crippen LogP contribution < -0.4 is 10.6 Å². The van der Waals surface area contributed by atoms with Crippen molar-refractivity contribution in [3.05, 3.63) is 65.6 Å². The summed E-state index contributed by atoms with van der Waals surface area (Å²) in [6.45, 7) is 1.90. The van der Waals surface area contributed by atoms with Gasteiger partial charge < -0.3 is 10.6 Å². The van der Waals surface area contributed by atoms with E-state index in [9.17, 15) is 18.0 Å². The fourth-order valence-corrected chi connectivity index (χ4v) is 3.73. The second-order valence-corrected chi connectivity index (χ2v) is 7.53. The van der Waals surface area contributed by atoms with E-state index in [0.717, 1.165) is 37.1 Å². The molecular formula is C21H21F3N6O. The predicted octanol–water partition coefficient (Wildman–Crippen LogP) is 3.75. The van der Waals surface area contributed by atoms with Gasteiger partial charge in [0.2, 0.25) is 0 Å². The number of amides is 1. The number of benzene rings is 1. The Kier molecular flexibility index (Phi) is 5.62. The lowest BCUT2D eigenvalue weighted by atomic mass is 10.1. The Labute approximate surface area is 176 Å². The Balaban J connectivity index is 1.48. The zero-order chi connectivity index (χ0) is 22.0. The van der Waals surface area contributed by atoms with Crippen molar-refractivity contribution in [1.82, 2.24) is 25.3 Å². The largest absolute Gasteiger partial charge is 0.417 e. The summed E-state index contributed by atoms with van der Waals surface area (Å²) in [4.78, 5) is 18.3. The molecule has 4 rings (SSSR count). The number of anilines is 1. The zero-order valence-corrected chi connectivity index (χ0v) is 16.7. The number of hydrogen-bond donors (Lipinski definition) is 2. The van der Waals surface area contributed by atoms with Crippen molar-refractivity contribution in [2.24, 2.45) is 0 Å². The summed E-state index contributed by atoms with van der Waals surface area (Å²) in [5.74, 6) is 0.0891. The second-order valence-electron chi connectivity index (χ2n) is 7.53. The van der Waals surface area contributed by atoms with Crippen molar-refractivity contribution < 1.29 is 18.0 Å². The summed E-state index contributed by atoms with van der Waals surface area (Å²) in [6, 6.07) is 7.44. The molecule has 2 heterocycles. The third-order valence-corrected chi connectivity index (χ3v) is 5.29. The number of alkyl halides is 3. The number of nitrogens with zero attached hydrogens (tertiary/aromatic N) is 4. The standard InChI is InChI=1S/C21H21F3N6O/c1-13-5-7-18(30-26-9-10-27-30)15(11-13)20(31)29-17-4-2-3-16(17)28-19-8-6-14(12-25-19)21(22,23)24/h5-12,16-17H,2-4H2,1H3,(H,25,28)(H,29,31)/t16-,17+/m0/s1. The van der Waals surface area contributed by atoms with Crippen LogP contribution in [0, 0.1) is 6.92 Å². The zero-order valence-electron chi connectivity index (χ0n) is 16.7. The molecule has 1 saturated carbocycles.